The van der Waals surface area contributed by atoms with Gasteiger partial charge in [0.1, 0.15) is 12.1 Å². The van der Waals surface area contributed by atoms with Crippen molar-refractivity contribution in [1.29, 1.82) is 0 Å². The highest BCUT2D eigenvalue weighted by Crippen LogP contribution is 2.08. The third kappa shape index (κ3) is 9.82. The van der Waals surface area contributed by atoms with Crippen molar-refractivity contribution < 1.29 is 49.2 Å². The van der Waals surface area contributed by atoms with Crippen LogP contribution in [0, 0.1) is 0 Å². The Kier molecular flexibility index (Phi) is 11.2. The smallest absolute Gasteiger partial charge is 0.328 e. The average Bonchev–Trinajstić information content (AvgIpc) is 3.26. The van der Waals surface area contributed by atoms with E-state index in [1.165, 1.54) is 0 Å². The summed E-state index contributed by atoms with van der Waals surface area (Å²) >= 11 is 0. The van der Waals surface area contributed by atoms with Crippen LogP contribution in [0.2, 0.25) is 0 Å². The summed E-state index contributed by atoms with van der Waals surface area (Å²) < 4.78 is 0. The van der Waals surface area contributed by atoms with Crippen LogP contribution in [0.25, 0.3) is 0 Å². The zero-order valence-electron chi connectivity index (χ0n) is 18.1. The van der Waals surface area contributed by atoms with Gasteiger partial charge >= 0.3 is 17.9 Å². The van der Waals surface area contributed by atoms with E-state index in [0.29, 0.717) is 13.0 Å². The van der Waals surface area contributed by atoms with E-state index in [-0.39, 0.29) is 6.42 Å². The summed E-state index contributed by atoms with van der Waals surface area (Å²) in [5.74, 6) is -6.56. The predicted octanol–water partition coefficient (Wildman–Crippen LogP) is -2.61. The lowest BCUT2D eigenvalue weighted by Crippen LogP contribution is -2.58. The molecule has 0 radical (unpaired) electrons. The second-order valence-electron chi connectivity index (χ2n) is 7.70. The number of aliphatic hydroxyl groups excluding tert-OH is 1. The number of carbonyl (C=O) groups excluding carboxylic acids is 3. The van der Waals surface area contributed by atoms with E-state index in [1.807, 2.05) is 5.32 Å². The standard InChI is InChI=1S/C19H30N4O10/c1-9(24)15(19(32)33)23-18(31)12(5-7-14(27)28)22-17(30)11(4-6-13(25)26)21-16(29)10-3-2-8-20-10/h9-12,15,20,24H,2-8H2,1H3,(H,21,29)(H,22,30)(H,23,31)(H,25,26)(H,27,28)(H,32,33). The second-order valence-corrected chi connectivity index (χ2v) is 7.70. The number of carboxylic acid groups (broad SMARTS) is 3. The lowest BCUT2D eigenvalue weighted by molar-refractivity contribution is -0.145. The van der Waals surface area contributed by atoms with Crippen LogP contribution in [-0.2, 0) is 28.8 Å². The Morgan fingerprint density at radius 2 is 1.39 bits per heavy atom. The summed E-state index contributed by atoms with van der Waals surface area (Å²) in [5, 5.41) is 46.2. The van der Waals surface area contributed by atoms with Crippen LogP contribution in [0.15, 0.2) is 0 Å². The Morgan fingerprint density at radius 3 is 1.82 bits per heavy atom. The van der Waals surface area contributed by atoms with Gasteiger partial charge in [-0.1, -0.05) is 0 Å². The first-order chi connectivity index (χ1) is 15.4. The predicted molar refractivity (Wildman–Crippen MR) is 110 cm³/mol. The number of amides is 3. The lowest BCUT2D eigenvalue weighted by atomic mass is 10.1. The van der Waals surface area contributed by atoms with Crippen LogP contribution in [-0.4, -0.2) is 92.9 Å². The Balaban J connectivity index is 2.97. The zero-order chi connectivity index (χ0) is 25.1. The molecule has 14 nitrogen and oxygen atoms in total. The molecule has 0 aliphatic carbocycles. The molecule has 1 aliphatic heterocycles. The van der Waals surface area contributed by atoms with Gasteiger partial charge in [0, 0.05) is 12.8 Å². The molecule has 1 rings (SSSR count). The highest BCUT2D eigenvalue weighted by Gasteiger charge is 2.33. The normalized spacial score (nSPS) is 18.9. The maximum absolute atomic E-state index is 12.8. The number of nitrogens with one attached hydrogen (secondary N) is 4. The maximum Gasteiger partial charge on any atom is 0.328 e. The van der Waals surface area contributed by atoms with E-state index in [4.69, 9.17) is 15.3 Å². The summed E-state index contributed by atoms with van der Waals surface area (Å²) in [7, 11) is 0. The summed E-state index contributed by atoms with van der Waals surface area (Å²) in [6.45, 7) is 1.73. The third-order valence-corrected chi connectivity index (χ3v) is 4.98. The van der Waals surface area contributed by atoms with Crippen LogP contribution >= 0.6 is 0 Å². The van der Waals surface area contributed by atoms with Crippen molar-refractivity contribution in [2.24, 2.45) is 0 Å². The topological polar surface area (TPSA) is 231 Å². The highest BCUT2D eigenvalue weighted by atomic mass is 16.4. The molecule has 14 heteroatoms. The Bertz CT molecular complexity index is 751. The van der Waals surface area contributed by atoms with Gasteiger partial charge in [-0.15, -0.1) is 0 Å². The van der Waals surface area contributed by atoms with Crippen LogP contribution in [0.5, 0.6) is 0 Å². The first-order valence-corrected chi connectivity index (χ1v) is 10.4. The van der Waals surface area contributed by atoms with E-state index in [0.717, 1.165) is 13.3 Å². The molecule has 1 aliphatic rings. The zero-order valence-corrected chi connectivity index (χ0v) is 18.1. The summed E-state index contributed by atoms with van der Waals surface area (Å²) in [6, 6.07) is -5.11. The monoisotopic (exact) mass is 474 g/mol. The molecule has 1 saturated heterocycles. The highest BCUT2D eigenvalue weighted by molar-refractivity contribution is 5.94. The molecule has 8 N–H and O–H groups in total. The van der Waals surface area contributed by atoms with Crippen molar-refractivity contribution in [3.8, 4) is 0 Å². The largest absolute Gasteiger partial charge is 0.481 e. The molecule has 33 heavy (non-hydrogen) atoms. The van der Waals surface area contributed by atoms with E-state index < -0.39 is 85.2 Å². The molecule has 0 saturated carbocycles. The first kappa shape index (κ1) is 27.8. The second kappa shape index (κ2) is 13.3. The molecule has 0 bridgehead atoms. The lowest BCUT2D eigenvalue weighted by Gasteiger charge is -2.25. The van der Waals surface area contributed by atoms with Crippen molar-refractivity contribution in [2.75, 3.05) is 6.54 Å². The number of hydrogen-bond donors (Lipinski definition) is 8. The molecule has 0 spiro atoms. The molecule has 5 unspecified atom stereocenters. The molecule has 0 aromatic heterocycles. The Morgan fingerprint density at radius 1 is 0.879 bits per heavy atom. The SMILES string of the molecule is CC(O)C(NC(=O)C(CCC(=O)O)NC(=O)C(CCC(=O)O)NC(=O)C1CCCN1)C(=O)O. The Hall–Kier alpha value is -3.26. The molecule has 1 fully saturated rings. The van der Waals surface area contributed by atoms with Crippen molar-refractivity contribution in [3.05, 3.63) is 0 Å². The molecule has 186 valence electrons. The molecule has 1 heterocycles. The minimum Gasteiger partial charge on any atom is -0.481 e. The Labute approximate surface area is 189 Å². The molecular formula is C19H30N4O10. The molecule has 0 aromatic rings. The van der Waals surface area contributed by atoms with E-state index >= 15 is 0 Å². The van der Waals surface area contributed by atoms with Crippen LogP contribution in [0.3, 0.4) is 0 Å². The first-order valence-electron chi connectivity index (χ1n) is 10.4. The van der Waals surface area contributed by atoms with Crippen LogP contribution < -0.4 is 21.3 Å². The van der Waals surface area contributed by atoms with Gasteiger partial charge in [-0.25, -0.2) is 4.79 Å². The summed E-state index contributed by atoms with van der Waals surface area (Å²) in [4.78, 5) is 70.8. The van der Waals surface area contributed by atoms with Crippen LogP contribution in [0.4, 0.5) is 0 Å². The van der Waals surface area contributed by atoms with Gasteiger partial charge in [0.25, 0.3) is 0 Å². The van der Waals surface area contributed by atoms with E-state index in [9.17, 15) is 33.9 Å². The summed E-state index contributed by atoms with van der Waals surface area (Å²) in [5.41, 5.74) is 0. The minimum absolute atomic E-state index is 0.293. The molecular weight excluding hydrogens is 444 g/mol. The quantitative estimate of drug-likeness (QED) is 0.130. The molecule has 3 amide bonds. The van der Waals surface area contributed by atoms with Crippen LogP contribution in [0.1, 0.15) is 45.4 Å². The van der Waals surface area contributed by atoms with Crippen molar-refractivity contribution >= 4 is 35.6 Å². The van der Waals surface area contributed by atoms with E-state index in [1.54, 1.807) is 0 Å². The fourth-order valence-electron chi connectivity index (χ4n) is 3.17. The average molecular weight is 474 g/mol. The third-order valence-electron chi connectivity index (χ3n) is 4.98. The number of aliphatic carboxylic acids is 3. The van der Waals surface area contributed by atoms with Crippen molar-refractivity contribution in [1.82, 2.24) is 21.3 Å². The number of carboxylic acids is 3. The molecule has 5 atom stereocenters. The molecule has 0 aromatic carbocycles. The van der Waals surface area contributed by atoms with Gasteiger partial charge in [0.05, 0.1) is 12.1 Å². The number of carbonyl (C=O) groups is 6. The van der Waals surface area contributed by atoms with Gasteiger partial charge in [0.2, 0.25) is 17.7 Å². The van der Waals surface area contributed by atoms with Gasteiger partial charge < -0.3 is 41.7 Å². The van der Waals surface area contributed by atoms with Gasteiger partial charge in [-0.2, -0.15) is 0 Å². The minimum atomic E-state index is -1.71. The number of aliphatic hydroxyl groups is 1. The fourth-order valence-corrected chi connectivity index (χ4v) is 3.17. The maximum atomic E-state index is 12.8. The van der Waals surface area contributed by atoms with E-state index in [2.05, 4.69) is 16.0 Å². The number of rotatable bonds is 14. The van der Waals surface area contributed by atoms with Crippen molar-refractivity contribution in [2.45, 2.75) is 75.7 Å². The van der Waals surface area contributed by atoms with Gasteiger partial charge in [-0.05, 0) is 39.2 Å². The van der Waals surface area contributed by atoms with Gasteiger partial charge in [0.15, 0.2) is 6.04 Å². The van der Waals surface area contributed by atoms with Crippen molar-refractivity contribution in [3.63, 3.8) is 0 Å². The number of hydrogen-bond acceptors (Lipinski definition) is 8. The fraction of sp³-hybridized carbons (Fsp3) is 0.684. The summed E-state index contributed by atoms with van der Waals surface area (Å²) in [6.07, 6.45) is -1.94. The van der Waals surface area contributed by atoms with Gasteiger partial charge in [-0.3, -0.25) is 24.0 Å².